The maximum absolute atomic E-state index is 12.8. The third-order valence-corrected chi connectivity index (χ3v) is 4.97. The van der Waals surface area contributed by atoms with Crippen LogP contribution in [0.25, 0.3) is 22.0 Å². The van der Waals surface area contributed by atoms with Gasteiger partial charge in [0.2, 0.25) is 0 Å². The lowest BCUT2D eigenvalue weighted by atomic mass is 10.00. The molecular weight excluding hydrogens is 378 g/mol. The van der Waals surface area contributed by atoms with E-state index in [9.17, 15) is 4.79 Å². The summed E-state index contributed by atoms with van der Waals surface area (Å²) < 4.78 is 10.9. The Labute approximate surface area is 175 Å². The number of nitrogens with one attached hydrogen (secondary N) is 1. The molecule has 0 unspecified atom stereocenters. The molecule has 0 aliphatic carbocycles. The van der Waals surface area contributed by atoms with Crippen molar-refractivity contribution < 1.29 is 9.47 Å². The minimum Gasteiger partial charge on any atom is -0.493 e. The summed E-state index contributed by atoms with van der Waals surface area (Å²) in [6.07, 6.45) is 3.88. The van der Waals surface area contributed by atoms with Crippen LogP contribution < -0.4 is 15.0 Å². The van der Waals surface area contributed by atoms with Gasteiger partial charge in [0.05, 0.1) is 19.9 Å². The molecule has 0 aliphatic heterocycles. The highest BCUT2D eigenvalue weighted by Gasteiger charge is 2.15. The Morgan fingerprint density at radius 2 is 1.63 bits per heavy atom. The first-order valence-corrected chi connectivity index (χ1v) is 9.24. The first-order valence-electron chi connectivity index (χ1n) is 9.24. The van der Waals surface area contributed by atoms with Crippen molar-refractivity contribution in [3.8, 4) is 22.8 Å². The van der Waals surface area contributed by atoms with Gasteiger partial charge in [-0.15, -0.1) is 0 Å². The molecule has 30 heavy (non-hydrogen) atoms. The predicted molar refractivity (Wildman–Crippen MR) is 119 cm³/mol. The van der Waals surface area contributed by atoms with Crippen LogP contribution >= 0.6 is 0 Å². The van der Waals surface area contributed by atoms with Crippen LogP contribution in [-0.2, 0) is 6.42 Å². The van der Waals surface area contributed by atoms with Gasteiger partial charge in [-0.05, 0) is 48.7 Å². The molecule has 4 rings (SSSR count). The number of aromatic amines is 1. The topological polar surface area (TPSA) is 77.1 Å². The highest BCUT2D eigenvalue weighted by molar-refractivity contribution is 5.90. The summed E-state index contributed by atoms with van der Waals surface area (Å²) in [5.74, 6) is 1.21. The molecule has 0 saturated carbocycles. The molecule has 1 N–H and O–H groups in total. The Balaban J connectivity index is 0.00000256. The molecule has 3 heterocycles. The van der Waals surface area contributed by atoms with Gasteiger partial charge in [-0.2, -0.15) is 0 Å². The SMILES string of the molecule is C.COc1cc2c(C)[nH]c(=O)c(Cc3cccc(-c4ccncc4)n3)c2cc1OC. The molecule has 6 nitrogen and oxygen atoms in total. The molecule has 0 spiro atoms. The lowest BCUT2D eigenvalue weighted by Gasteiger charge is -2.13. The molecule has 0 saturated heterocycles. The highest BCUT2D eigenvalue weighted by atomic mass is 16.5. The van der Waals surface area contributed by atoms with E-state index in [2.05, 4.69) is 9.97 Å². The molecule has 4 aromatic rings. The number of benzene rings is 1. The van der Waals surface area contributed by atoms with Gasteiger partial charge >= 0.3 is 0 Å². The van der Waals surface area contributed by atoms with Crippen LogP contribution in [0.2, 0.25) is 0 Å². The summed E-state index contributed by atoms with van der Waals surface area (Å²) in [6.45, 7) is 1.88. The van der Waals surface area contributed by atoms with E-state index >= 15 is 0 Å². The normalized spacial score (nSPS) is 10.5. The fraction of sp³-hybridized carbons (Fsp3) is 0.208. The van der Waals surface area contributed by atoms with Gasteiger partial charge in [0.1, 0.15) is 0 Å². The van der Waals surface area contributed by atoms with Gasteiger partial charge in [-0.1, -0.05) is 13.5 Å². The molecule has 6 heteroatoms. The molecule has 0 atom stereocenters. The summed E-state index contributed by atoms with van der Waals surface area (Å²) in [5, 5.41) is 1.75. The Morgan fingerprint density at radius 3 is 2.30 bits per heavy atom. The summed E-state index contributed by atoms with van der Waals surface area (Å²) in [4.78, 5) is 24.6. The predicted octanol–water partition coefficient (Wildman–Crippen LogP) is 4.54. The van der Waals surface area contributed by atoms with E-state index < -0.39 is 0 Å². The molecule has 0 aliphatic rings. The second-order valence-electron chi connectivity index (χ2n) is 6.74. The monoisotopic (exact) mass is 403 g/mol. The van der Waals surface area contributed by atoms with Crippen molar-refractivity contribution in [1.29, 1.82) is 0 Å². The first-order chi connectivity index (χ1) is 14.1. The molecule has 1 aromatic carbocycles. The Morgan fingerprint density at radius 1 is 0.967 bits per heavy atom. The highest BCUT2D eigenvalue weighted by Crippen LogP contribution is 2.34. The van der Waals surface area contributed by atoms with Gasteiger partial charge in [-0.25, -0.2) is 0 Å². The lowest BCUT2D eigenvalue weighted by molar-refractivity contribution is 0.356. The number of aromatic nitrogens is 3. The zero-order valence-electron chi connectivity index (χ0n) is 16.5. The molecule has 0 amide bonds. The Hall–Kier alpha value is -3.67. The number of pyridine rings is 3. The van der Waals surface area contributed by atoms with E-state index in [4.69, 9.17) is 14.5 Å². The van der Waals surface area contributed by atoms with Crippen LogP contribution in [0, 0.1) is 6.92 Å². The lowest BCUT2D eigenvalue weighted by Crippen LogP contribution is -2.15. The van der Waals surface area contributed by atoms with Gasteiger partial charge in [0.15, 0.2) is 11.5 Å². The molecule has 0 radical (unpaired) electrons. The Kier molecular flexibility index (Phi) is 6.16. The van der Waals surface area contributed by atoms with Crippen molar-refractivity contribution >= 4 is 10.8 Å². The van der Waals surface area contributed by atoms with E-state index in [0.29, 0.717) is 23.5 Å². The van der Waals surface area contributed by atoms with Crippen LogP contribution in [0.3, 0.4) is 0 Å². The maximum Gasteiger partial charge on any atom is 0.252 e. The second kappa shape index (κ2) is 8.78. The average Bonchev–Trinajstić information content (AvgIpc) is 2.76. The zero-order valence-corrected chi connectivity index (χ0v) is 16.5. The van der Waals surface area contributed by atoms with Gasteiger partial charge in [0.25, 0.3) is 5.56 Å². The van der Waals surface area contributed by atoms with Crippen molar-refractivity contribution in [2.75, 3.05) is 14.2 Å². The van der Waals surface area contributed by atoms with Crippen molar-refractivity contribution in [3.63, 3.8) is 0 Å². The van der Waals surface area contributed by atoms with Gasteiger partial charge < -0.3 is 14.5 Å². The number of methoxy groups -OCH3 is 2. The van der Waals surface area contributed by atoms with Crippen LogP contribution in [0.4, 0.5) is 0 Å². The van der Waals surface area contributed by atoms with Crippen molar-refractivity contribution in [3.05, 3.63) is 82.2 Å². The number of nitrogens with zero attached hydrogens (tertiary/aromatic N) is 2. The van der Waals surface area contributed by atoms with Crippen molar-refractivity contribution in [2.24, 2.45) is 0 Å². The standard InChI is InChI=1S/C23H21N3O3.CH4/c1-14-17-12-21(28-2)22(29-3)13-18(17)19(23(27)25-14)11-16-5-4-6-20(26-16)15-7-9-24-10-8-15;/h4-10,12-13H,11H2,1-3H3,(H,25,27);1H4. The van der Waals surface area contributed by atoms with Crippen LogP contribution in [0.5, 0.6) is 11.5 Å². The number of aryl methyl sites for hydroxylation is 1. The minimum absolute atomic E-state index is 0. The summed E-state index contributed by atoms with van der Waals surface area (Å²) >= 11 is 0. The van der Waals surface area contributed by atoms with Crippen LogP contribution in [-0.4, -0.2) is 29.2 Å². The van der Waals surface area contributed by atoms with E-state index in [1.54, 1.807) is 26.6 Å². The number of rotatable bonds is 5. The molecule has 3 aromatic heterocycles. The molecule has 154 valence electrons. The van der Waals surface area contributed by atoms with Crippen molar-refractivity contribution in [1.82, 2.24) is 15.0 Å². The van der Waals surface area contributed by atoms with E-state index in [0.717, 1.165) is 33.4 Å². The van der Waals surface area contributed by atoms with Crippen molar-refractivity contribution in [2.45, 2.75) is 20.8 Å². The number of fused-ring (bicyclic) bond motifs is 1. The minimum atomic E-state index is -0.127. The number of hydrogen-bond donors (Lipinski definition) is 1. The van der Waals surface area contributed by atoms with Gasteiger partial charge in [-0.3, -0.25) is 14.8 Å². The largest absolute Gasteiger partial charge is 0.493 e. The smallest absolute Gasteiger partial charge is 0.252 e. The van der Waals surface area contributed by atoms with Crippen LogP contribution in [0.1, 0.15) is 24.4 Å². The zero-order chi connectivity index (χ0) is 20.4. The quantitative estimate of drug-likeness (QED) is 0.529. The molecule has 0 fully saturated rings. The third kappa shape index (κ3) is 3.89. The summed E-state index contributed by atoms with van der Waals surface area (Å²) in [7, 11) is 3.18. The first kappa shape index (κ1) is 21.0. The van der Waals surface area contributed by atoms with Gasteiger partial charge in [0, 0.05) is 46.7 Å². The van der Waals surface area contributed by atoms with E-state index in [1.165, 1.54) is 0 Å². The molecule has 0 bridgehead atoms. The van der Waals surface area contributed by atoms with E-state index in [-0.39, 0.29) is 13.0 Å². The fourth-order valence-corrected chi connectivity index (χ4v) is 3.49. The van der Waals surface area contributed by atoms with E-state index in [1.807, 2.05) is 49.4 Å². The average molecular weight is 403 g/mol. The maximum atomic E-state index is 12.8. The third-order valence-electron chi connectivity index (χ3n) is 4.97. The number of hydrogen-bond acceptors (Lipinski definition) is 5. The van der Waals surface area contributed by atoms with Crippen LogP contribution in [0.15, 0.2) is 59.7 Å². The second-order valence-corrected chi connectivity index (χ2v) is 6.74. The summed E-state index contributed by atoms with van der Waals surface area (Å²) in [6, 6.07) is 13.4. The summed E-state index contributed by atoms with van der Waals surface area (Å²) in [5.41, 5.74) is 3.94. The Bertz CT molecular complexity index is 1230. The number of H-pyrrole nitrogens is 1. The molecular formula is C24H25N3O3. The number of ether oxygens (including phenoxy) is 2. The fourth-order valence-electron chi connectivity index (χ4n) is 3.49.